The van der Waals surface area contributed by atoms with Crippen molar-refractivity contribution in [2.24, 2.45) is 5.73 Å². The highest BCUT2D eigenvalue weighted by atomic mass is 15.3. The molecule has 1 atom stereocenters. The van der Waals surface area contributed by atoms with Gasteiger partial charge in [0.1, 0.15) is 0 Å². The second-order valence-corrected chi connectivity index (χ2v) is 4.26. The number of hydrogen-bond donors (Lipinski definition) is 1. The molecule has 1 unspecified atom stereocenters. The molecule has 0 amide bonds. The highest BCUT2D eigenvalue weighted by Gasteiger charge is 2.11. The zero-order chi connectivity index (χ0) is 12.3. The van der Waals surface area contributed by atoms with Crippen LogP contribution in [0, 0.1) is 0 Å². The minimum absolute atomic E-state index is 0.252. The van der Waals surface area contributed by atoms with Gasteiger partial charge >= 0.3 is 0 Å². The monoisotopic (exact) mass is 233 g/mol. The molecular weight excluding hydrogens is 214 g/mol. The lowest BCUT2D eigenvalue weighted by Gasteiger charge is -2.13. The average molecular weight is 233 g/mol. The molecule has 0 saturated heterocycles. The smallest absolute Gasteiger partial charge is 0.0953 e. The van der Waals surface area contributed by atoms with E-state index < -0.39 is 0 Å². The van der Waals surface area contributed by atoms with Crippen LogP contribution < -0.4 is 5.73 Å². The number of nitrogens with zero attached hydrogens (tertiary/aromatic N) is 4. The van der Waals surface area contributed by atoms with Crippen LogP contribution in [0.1, 0.15) is 26.3 Å². The second-order valence-electron chi connectivity index (χ2n) is 4.26. The molecule has 5 heteroatoms. The van der Waals surface area contributed by atoms with Crippen molar-refractivity contribution in [3.05, 3.63) is 24.9 Å². The van der Waals surface area contributed by atoms with Crippen molar-refractivity contribution >= 4 is 0 Å². The first-order chi connectivity index (χ1) is 8.26. The van der Waals surface area contributed by atoms with Gasteiger partial charge in [-0.1, -0.05) is 6.92 Å². The number of hydrogen-bond acceptors (Lipinski definition) is 3. The van der Waals surface area contributed by atoms with Gasteiger partial charge in [0.25, 0.3) is 0 Å². The molecule has 0 aliphatic rings. The molecule has 0 aliphatic heterocycles. The molecule has 5 nitrogen and oxygen atoms in total. The zero-order valence-corrected chi connectivity index (χ0v) is 10.4. The van der Waals surface area contributed by atoms with Gasteiger partial charge in [-0.15, -0.1) is 0 Å². The first-order valence-corrected chi connectivity index (χ1v) is 6.01. The number of aromatic nitrogens is 4. The summed E-state index contributed by atoms with van der Waals surface area (Å²) in [6, 6.07) is 0.252. The van der Waals surface area contributed by atoms with E-state index >= 15 is 0 Å². The highest BCUT2D eigenvalue weighted by Crippen LogP contribution is 2.21. The summed E-state index contributed by atoms with van der Waals surface area (Å²) in [6.07, 6.45) is 8.70. The summed E-state index contributed by atoms with van der Waals surface area (Å²) < 4.78 is 4.05. The van der Waals surface area contributed by atoms with Gasteiger partial charge in [0.15, 0.2) is 0 Å². The molecule has 0 bridgehead atoms. The van der Waals surface area contributed by atoms with Gasteiger partial charge in [-0.2, -0.15) is 5.10 Å². The van der Waals surface area contributed by atoms with Crippen molar-refractivity contribution < 1.29 is 0 Å². The van der Waals surface area contributed by atoms with Gasteiger partial charge in [0, 0.05) is 30.9 Å². The molecule has 0 fully saturated rings. The lowest BCUT2D eigenvalue weighted by molar-refractivity contribution is 0.562. The second kappa shape index (κ2) is 5.14. The first-order valence-electron chi connectivity index (χ1n) is 6.01. The summed E-state index contributed by atoms with van der Waals surface area (Å²) in [5.41, 5.74) is 7.86. The van der Waals surface area contributed by atoms with Crippen molar-refractivity contribution in [1.82, 2.24) is 19.3 Å². The average Bonchev–Trinajstić information content (AvgIpc) is 2.95. The molecule has 0 radical (unpaired) electrons. The Morgan fingerprint density at radius 1 is 1.41 bits per heavy atom. The third kappa shape index (κ3) is 2.39. The fourth-order valence-corrected chi connectivity index (χ4v) is 1.84. The maximum Gasteiger partial charge on any atom is 0.0953 e. The van der Waals surface area contributed by atoms with Gasteiger partial charge in [0.2, 0.25) is 0 Å². The molecule has 2 aromatic rings. The van der Waals surface area contributed by atoms with Crippen molar-refractivity contribution in [2.45, 2.75) is 32.9 Å². The SMILES string of the molecule is CCCn1cc(-c2cncn2C(C)CN)cn1. The summed E-state index contributed by atoms with van der Waals surface area (Å²) in [4.78, 5) is 4.19. The lowest BCUT2D eigenvalue weighted by atomic mass is 10.2. The van der Waals surface area contributed by atoms with E-state index in [4.69, 9.17) is 5.73 Å². The Morgan fingerprint density at radius 3 is 2.94 bits per heavy atom. The predicted molar refractivity (Wildman–Crippen MR) is 67.5 cm³/mol. The molecule has 0 saturated carbocycles. The molecule has 0 spiro atoms. The van der Waals surface area contributed by atoms with Gasteiger partial charge in [-0.25, -0.2) is 4.98 Å². The summed E-state index contributed by atoms with van der Waals surface area (Å²) in [5.74, 6) is 0. The van der Waals surface area contributed by atoms with Crippen molar-refractivity contribution in [2.75, 3.05) is 6.54 Å². The van der Waals surface area contributed by atoms with Crippen LogP contribution in [0.2, 0.25) is 0 Å². The van der Waals surface area contributed by atoms with E-state index in [0.717, 1.165) is 24.2 Å². The Kier molecular flexibility index (Phi) is 3.58. The Labute approximate surface area is 101 Å². The van der Waals surface area contributed by atoms with Crippen LogP contribution in [0.15, 0.2) is 24.9 Å². The molecule has 2 rings (SSSR count). The van der Waals surface area contributed by atoms with E-state index in [1.54, 1.807) is 0 Å². The van der Waals surface area contributed by atoms with E-state index in [-0.39, 0.29) is 6.04 Å². The highest BCUT2D eigenvalue weighted by molar-refractivity contribution is 5.56. The summed E-state index contributed by atoms with van der Waals surface area (Å²) in [5, 5.41) is 4.33. The quantitative estimate of drug-likeness (QED) is 0.854. The standard InChI is InChI=1S/C12H19N5/c1-3-4-16-8-11(6-15-16)12-7-14-9-17(12)10(2)5-13/h6-10H,3-5,13H2,1-2H3. The third-order valence-electron chi connectivity index (χ3n) is 2.86. The number of aryl methyl sites for hydroxylation is 1. The van der Waals surface area contributed by atoms with E-state index in [9.17, 15) is 0 Å². The van der Waals surface area contributed by atoms with Gasteiger partial charge in [0.05, 0.1) is 24.4 Å². The molecule has 92 valence electrons. The van der Waals surface area contributed by atoms with Crippen molar-refractivity contribution in [3.63, 3.8) is 0 Å². The van der Waals surface area contributed by atoms with Crippen molar-refractivity contribution in [3.8, 4) is 11.3 Å². The van der Waals surface area contributed by atoms with Gasteiger partial charge < -0.3 is 10.3 Å². The molecule has 2 heterocycles. The number of imidazole rings is 1. The lowest BCUT2D eigenvalue weighted by Crippen LogP contribution is -2.15. The van der Waals surface area contributed by atoms with Crippen LogP contribution in [0.5, 0.6) is 0 Å². The molecule has 0 aliphatic carbocycles. The number of rotatable bonds is 5. The van der Waals surface area contributed by atoms with E-state index in [0.29, 0.717) is 6.54 Å². The Bertz CT molecular complexity index is 471. The Hall–Kier alpha value is -1.62. The summed E-state index contributed by atoms with van der Waals surface area (Å²) >= 11 is 0. The topological polar surface area (TPSA) is 61.7 Å². The van der Waals surface area contributed by atoms with Crippen LogP contribution in [0.3, 0.4) is 0 Å². The van der Waals surface area contributed by atoms with E-state index in [1.165, 1.54) is 0 Å². The van der Waals surface area contributed by atoms with E-state index in [1.807, 2.05) is 23.4 Å². The van der Waals surface area contributed by atoms with Crippen LogP contribution >= 0.6 is 0 Å². The Balaban J connectivity index is 2.29. The molecule has 2 N–H and O–H groups in total. The van der Waals surface area contributed by atoms with Gasteiger partial charge in [-0.05, 0) is 13.3 Å². The molecule has 0 aromatic carbocycles. The number of nitrogens with two attached hydrogens (primary N) is 1. The van der Waals surface area contributed by atoms with Crippen LogP contribution in [-0.2, 0) is 6.54 Å². The maximum absolute atomic E-state index is 5.69. The largest absolute Gasteiger partial charge is 0.328 e. The fraction of sp³-hybridized carbons (Fsp3) is 0.500. The summed E-state index contributed by atoms with van der Waals surface area (Å²) in [7, 11) is 0. The van der Waals surface area contributed by atoms with Crippen LogP contribution in [0.4, 0.5) is 0 Å². The first kappa shape index (κ1) is 11.9. The van der Waals surface area contributed by atoms with Gasteiger partial charge in [-0.3, -0.25) is 4.68 Å². The minimum atomic E-state index is 0.252. The maximum atomic E-state index is 5.69. The molecule has 17 heavy (non-hydrogen) atoms. The molecule has 2 aromatic heterocycles. The third-order valence-corrected chi connectivity index (χ3v) is 2.86. The van der Waals surface area contributed by atoms with Crippen molar-refractivity contribution in [1.29, 1.82) is 0 Å². The van der Waals surface area contributed by atoms with Crippen LogP contribution in [-0.4, -0.2) is 25.9 Å². The Morgan fingerprint density at radius 2 is 2.24 bits per heavy atom. The fourth-order valence-electron chi connectivity index (χ4n) is 1.84. The minimum Gasteiger partial charge on any atom is -0.328 e. The van der Waals surface area contributed by atoms with E-state index in [2.05, 4.69) is 34.7 Å². The predicted octanol–water partition coefficient (Wildman–Crippen LogP) is 1.68. The molecular formula is C12H19N5. The zero-order valence-electron chi connectivity index (χ0n) is 10.4. The normalized spacial score (nSPS) is 12.9. The summed E-state index contributed by atoms with van der Waals surface area (Å²) in [6.45, 7) is 5.77. The van der Waals surface area contributed by atoms with Crippen LogP contribution in [0.25, 0.3) is 11.3 Å².